The lowest BCUT2D eigenvalue weighted by molar-refractivity contribution is -0.141. The summed E-state index contributed by atoms with van der Waals surface area (Å²) in [6.45, 7) is 0.769. The van der Waals surface area contributed by atoms with Crippen molar-refractivity contribution >= 4 is 5.82 Å². The molecule has 1 N–H and O–H groups in total. The Morgan fingerprint density at radius 2 is 1.64 bits per heavy atom. The molecule has 4 fully saturated rings. The van der Waals surface area contributed by atoms with Crippen molar-refractivity contribution in [3.05, 3.63) is 23.9 Å². The van der Waals surface area contributed by atoms with Gasteiger partial charge in [0.2, 0.25) is 0 Å². The zero-order valence-electron chi connectivity index (χ0n) is 12.5. The number of hydrogen-bond acceptors (Lipinski definition) is 2. The molecule has 0 unspecified atom stereocenters. The van der Waals surface area contributed by atoms with Gasteiger partial charge in [0.05, 0.1) is 0 Å². The molecule has 0 radical (unpaired) electrons. The summed E-state index contributed by atoms with van der Waals surface area (Å²) in [5.41, 5.74) is -0.520. The van der Waals surface area contributed by atoms with E-state index in [0.29, 0.717) is 11.2 Å². The van der Waals surface area contributed by atoms with Crippen molar-refractivity contribution in [3.8, 4) is 0 Å². The van der Waals surface area contributed by atoms with Crippen LogP contribution >= 0.6 is 0 Å². The van der Waals surface area contributed by atoms with E-state index in [9.17, 15) is 13.2 Å². The lowest BCUT2D eigenvalue weighted by Gasteiger charge is -2.57. The van der Waals surface area contributed by atoms with Gasteiger partial charge in [0.1, 0.15) is 11.5 Å². The SMILES string of the molecule is FC(F)(F)c1cccc(NCC23CC4CC(CC(C4)C2)C3)n1. The van der Waals surface area contributed by atoms with Gasteiger partial charge in [0.15, 0.2) is 0 Å². The molecule has 5 rings (SSSR count). The molecule has 1 aromatic heterocycles. The number of halogens is 3. The molecule has 0 spiro atoms. The predicted octanol–water partition coefficient (Wildman–Crippen LogP) is 4.73. The zero-order valence-corrected chi connectivity index (χ0v) is 12.5. The second-order valence-electron chi connectivity index (χ2n) is 7.68. The number of anilines is 1. The minimum Gasteiger partial charge on any atom is -0.370 e. The van der Waals surface area contributed by atoms with Gasteiger partial charge in [-0.1, -0.05) is 6.07 Å². The van der Waals surface area contributed by atoms with Crippen molar-refractivity contribution in [1.82, 2.24) is 4.98 Å². The molecule has 1 aromatic rings. The molecule has 0 aliphatic heterocycles. The van der Waals surface area contributed by atoms with E-state index in [-0.39, 0.29) is 0 Å². The first-order valence-corrected chi connectivity index (χ1v) is 8.20. The zero-order chi connectivity index (χ0) is 15.4. The largest absolute Gasteiger partial charge is 0.433 e. The van der Waals surface area contributed by atoms with Crippen LogP contribution in [-0.4, -0.2) is 11.5 Å². The molecule has 2 nitrogen and oxygen atoms in total. The Morgan fingerprint density at radius 1 is 1.05 bits per heavy atom. The van der Waals surface area contributed by atoms with Gasteiger partial charge in [-0.3, -0.25) is 0 Å². The first kappa shape index (κ1) is 14.3. The minimum atomic E-state index is -4.38. The van der Waals surface area contributed by atoms with E-state index in [4.69, 9.17) is 0 Å². The fourth-order valence-electron chi connectivity index (χ4n) is 5.48. The van der Waals surface area contributed by atoms with Gasteiger partial charge in [0.25, 0.3) is 0 Å². The number of alkyl halides is 3. The maximum Gasteiger partial charge on any atom is 0.433 e. The average Bonchev–Trinajstić information content (AvgIpc) is 2.43. The monoisotopic (exact) mass is 310 g/mol. The minimum absolute atomic E-state index is 0.296. The third kappa shape index (κ3) is 2.59. The van der Waals surface area contributed by atoms with Gasteiger partial charge in [-0.05, 0) is 73.8 Å². The van der Waals surface area contributed by atoms with Crippen molar-refractivity contribution in [2.45, 2.75) is 44.7 Å². The van der Waals surface area contributed by atoms with Crippen LogP contribution in [0.4, 0.5) is 19.0 Å². The summed E-state index contributed by atoms with van der Waals surface area (Å²) in [6, 6.07) is 4.09. The molecule has 4 aliphatic rings. The Hall–Kier alpha value is -1.26. The van der Waals surface area contributed by atoms with E-state index in [1.165, 1.54) is 44.6 Å². The molecule has 120 valence electrons. The summed E-state index contributed by atoms with van der Waals surface area (Å²) >= 11 is 0. The number of pyridine rings is 1. The quantitative estimate of drug-likeness (QED) is 0.873. The van der Waals surface area contributed by atoms with Gasteiger partial charge in [-0.25, -0.2) is 4.98 Å². The van der Waals surface area contributed by atoms with E-state index in [1.807, 2.05) is 0 Å². The highest BCUT2D eigenvalue weighted by atomic mass is 19.4. The Kier molecular flexibility index (Phi) is 3.17. The van der Waals surface area contributed by atoms with E-state index < -0.39 is 11.9 Å². The lowest BCUT2D eigenvalue weighted by Crippen LogP contribution is -2.49. The fraction of sp³-hybridized carbons (Fsp3) is 0.706. The van der Waals surface area contributed by atoms with Crippen LogP contribution in [0.2, 0.25) is 0 Å². The molecule has 0 atom stereocenters. The van der Waals surface area contributed by atoms with Crippen molar-refractivity contribution in [1.29, 1.82) is 0 Å². The molecule has 0 saturated heterocycles. The van der Waals surface area contributed by atoms with Gasteiger partial charge < -0.3 is 5.32 Å². The topological polar surface area (TPSA) is 24.9 Å². The van der Waals surface area contributed by atoms with E-state index >= 15 is 0 Å². The molecular weight excluding hydrogens is 289 g/mol. The third-order valence-corrected chi connectivity index (χ3v) is 5.85. The van der Waals surface area contributed by atoms with Crippen LogP contribution in [0.25, 0.3) is 0 Å². The van der Waals surface area contributed by atoms with Crippen molar-refractivity contribution in [2.24, 2.45) is 23.2 Å². The van der Waals surface area contributed by atoms with E-state index in [1.54, 1.807) is 6.07 Å². The summed E-state index contributed by atoms with van der Waals surface area (Å²) in [4.78, 5) is 3.72. The highest BCUT2D eigenvalue weighted by Gasteiger charge is 2.50. The molecule has 0 aromatic carbocycles. The molecule has 4 saturated carbocycles. The Morgan fingerprint density at radius 3 is 2.18 bits per heavy atom. The van der Waals surface area contributed by atoms with Crippen LogP contribution in [0, 0.1) is 23.2 Å². The average molecular weight is 310 g/mol. The van der Waals surface area contributed by atoms with Crippen LogP contribution in [0.15, 0.2) is 18.2 Å². The number of aromatic nitrogens is 1. The summed E-state index contributed by atoms with van der Waals surface area (Å²) in [5, 5.41) is 3.20. The van der Waals surface area contributed by atoms with Gasteiger partial charge >= 0.3 is 6.18 Å². The molecule has 5 heteroatoms. The maximum atomic E-state index is 12.7. The Labute approximate surface area is 128 Å². The Bertz CT molecular complexity index is 532. The highest BCUT2D eigenvalue weighted by molar-refractivity contribution is 5.36. The summed E-state index contributed by atoms with van der Waals surface area (Å²) in [6.07, 6.45) is 3.47. The molecule has 4 bridgehead atoms. The van der Waals surface area contributed by atoms with Gasteiger partial charge in [-0.15, -0.1) is 0 Å². The van der Waals surface area contributed by atoms with Crippen molar-refractivity contribution < 1.29 is 13.2 Å². The van der Waals surface area contributed by atoms with Gasteiger partial charge in [0, 0.05) is 6.54 Å². The second-order valence-corrected chi connectivity index (χ2v) is 7.68. The number of nitrogens with zero attached hydrogens (tertiary/aromatic N) is 1. The fourth-order valence-corrected chi connectivity index (χ4v) is 5.48. The third-order valence-electron chi connectivity index (χ3n) is 5.85. The summed E-state index contributed by atoms with van der Waals surface area (Å²) in [5.74, 6) is 2.90. The second kappa shape index (κ2) is 4.87. The first-order chi connectivity index (χ1) is 10.4. The normalized spacial score (nSPS) is 36.6. The van der Waals surface area contributed by atoms with Crippen LogP contribution in [0.5, 0.6) is 0 Å². The van der Waals surface area contributed by atoms with Crippen LogP contribution < -0.4 is 5.32 Å². The molecule has 0 amide bonds. The van der Waals surface area contributed by atoms with E-state index in [0.717, 1.165) is 30.4 Å². The highest BCUT2D eigenvalue weighted by Crippen LogP contribution is 2.59. The number of hydrogen-bond donors (Lipinski definition) is 1. The number of nitrogens with one attached hydrogen (secondary N) is 1. The van der Waals surface area contributed by atoms with Crippen LogP contribution in [0.1, 0.15) is 44.2 Å². The van der Waals surface area contributed by atoms with Crippen molar-refractivity contribution in [2.75, 3.05) is 11.9 Å². The van der Waals surface area contributed by atoms with E-state index in [2.05, 4.69) is 10.3 Å². The molecule has 22 heavy (non-hydrogen) atoms. The Balaban J connectivity index is 1.47. The van der Waals surface area contributed by atoms with Crippen molar-refractivity contribution in [3.63, 3.8) is 0 Å². The molecular formula is C17H21F3N2. The molecule has 1 heterocycles. The summed E-state index contributed by atoms with van der Waals surface area (Å²) in [7, 11) is 0. The molecule has 4 aliphatic carbocycles. The predicted molar refractivity (Wildman–Crippen MR) is 78.3 cm³/mol. The smallest absolute Gasteiger partial charge is 0.370 e. The standard InChI is InChI=1S/C17H21F3N2/c18-17(19,20)14-2-1-3-15(22-14)21-10-16-7-11-4-12(8-16)6-13(5-11)9-16/h1-3,11-13H,4-10H2,(H,21,22). The van der Waals surface area contributed by atoms with Crippen LogP contribution in [-0.2, 0) is 6.18 Å². The summed E-state index contributed by atoms with van der Waals surface area (Å²) < 4.78 is 38.2. The maximum absolute atomic E-state index is 12.7. The lowest BCUT2D eigenvalue weighted by atomic mass is 9.49. The van der Waals surface area contributed by atoms with Gasteiger partial charge in [-0.2, -0.15) is 13.2 Å². The first-order valence-electron chi connectivity index (χ1n) is 8.20. The van der Waals surface area contributed by atoms with Crippen LogP contribution in [0.3, 0.4) is 0 Å². The number of rotatable bonds is 3.